The molecule has 38 heavy (non-hydrogen) atoms. The molecule has 0 spiro atoms. The predicted molar refractivity (Wildman–Crippen MR) is 140 cm³/mol. The molecule has 2 amide bonds. The third kappa shape index (κ3) is 5.77. The molecular weight excluding hydrogens is 509 g/mol. The fraction of sp³-hybridized carbons (Fsp3) is 0.286. The van der Waals surface area contributed by atoms with Gasteiger partial charge < -0.3 is 15.0 Å². The highest BCUT2D eigenvalue weighted by molar-refractivity contribution is 7.89. The second-order valence-corrected chi connectivity index (χ2v) is 11.2. The summed E-state index contributed by atoms with van der Waals surface area (Å²) < 4.78 is 46.6. The third-order valence-electron chi connectivity index (χ3n) is 6.91. The number of benzene rings is 3. The molecule has 0 unspecified atom stereocenters. The van der Waals surface area contributed by atoms with Gasteiger partial charge in [0.2, 0.25) is 15.9 Å². The summed E-state index contributed by atoms with van der Waals surface area (Å²) in [5.74, 6) is -1.23. The second kappa shape index (κ2) is 11.0. The van der Waals surface area contributed by atoms with E-state index in [0.717, 1.165) is 5.56 Å². The number of likely N-dealkylation sites (tertiary alicyclic amines) is 1. The van der Waals surface area contributed by atoms with Crippen LogP contribution in [0.2, 0.25) is 0 Å². The molecule has 2 aliphatic rings. The Kier molecular flexibility index (Phi) is 7.55. The van der Waals surface area contributed by atoms with E-state index in [4.69, 9.17) is 4.74 Å². The van der Waals surface area contributed by atoms with Crippen molar-refractivity contribution >= 4 is 27.5 Å². The summed E-state index contributed by atoms with van der Waals surface area (Å²) in [7, 11) is -3.72. The molecule has 3 aromatic rings. The lowest BCUT2D eigenvalue weighted by molar-refractivity contribution is -0.119. The topological polar surface area (TPSA) is 105 Å². The van der Waals surface area contributed by atoms with Crippen molar-refractivity contribution in [1.29, 1.82) is 0 Å². The zero-order valence-electron chi connectivity index (χ0n) is 20.5. The number of anilines is 1. The van der Waals surface area contributed by atoms with Crippen LogP contribution in [0, 0.1) is 5.82 Å². The van der Waals surface area contributed by atoms with E-state index in [-0.39, 0.29) is 28.7 Å². The number of halogens is 1. The van der Waals surface area contributed by atoms with Gasteiger partial charge in [0.15, 0.2) is 0 Å². The molecule has 3 atom stereocenters. The smallest absolute Gasteiger partial charge is 0.254 e. The van der Waals surface area contributed by atoms with Gasteiger partial charge >= 0.3 is 0 Å². The molecule has 2 aliphatic heterocycles. The number of rotatable bonds is 7. The fourth-order valence-electron chi connectivity index (χ4n) is 4.89. The van der Waals surface area contributed by atoms with Gasteiger partial charge in [-0.25, -0.2) is 17.5 Å². The largest absolute Gasteiger partial charge is 0.380 e. The summed E-state index contributed by atoms with van der Waals surface area (Å²) in [5.41, 5.74) is 1.73. The minimum absolute atomic E-state index is 0.0468. The van der Waals surface area contributed by atoms with E-state index < -0.39 is 21.9 Å². The third-order valence-corrected chi connectivity index (χ3v) is 8.45. The molecule has 0 aliphatic carbocycles. The maximum atomic E-state index is 13.4. The van der Waals surface area contributed by atoms with Crippen molar-refractivity contribution in [1.82, 2.24) is 9.62 Å². The first-order chi connectivity index (χ1) is 18.3. The van der Waals surface area contributed by atoms with Crippen LogP contribution in [0.5, 0.6) is 0 Å². The highest BCUT2D eigenvalue weighted by atomic mass is 32.2. The van der Waals surface area contributed by atoms with Crippen LogP contribution in [0.25, 0.3) is 0 Å². The Morgan fingerprint density at radius 2 is 1.66 bits per heavy atom. The number of hydrogen-bond acceptors (Lipinski definition) is 5. The van der Waals surface area contributed by atoms with E-state index >= 15 is 0 Å². The SMILES string of the molecule is O=C(Nc1ccc(S(=O)(=O)N[C@@H]2CCOC2)cc1)[C@@H]1C[C@@H](c2ccccc2)CN1C(=O)c1ccc(F)cc1. The molecule has 0 saturated carbocycles. The van der Waals surface area contributed by atoms with Crippen LogP contribution in [0.3, 0.4) is 0 Å². The normalized spacial score (nSPS) is 21.4. The lowest BCUT2D eigenvalue weighted by atomic mass is 9.96. The molecule has 198 valence electrons. The monoisotopic (exact) mass is 537 g/mol. The second-order valence-electron chi connectivity index (χ2n) is 9.52. The summed E-state index contributed by atoms with van der Waals surface area (Å²) in [6, 6.07) is 19.8. The molecule has 0 aromatic heterocycles. The molecule has 2 N–H and O–H groups in total. The van der Waals surface area contributed by atoms with Crippen molar-refractivity contribution in [2.45, 2.75) is 35.7 Å². The summed E-state index contributed by atoms with van der Waals surface area (Å²) in [4.78, 5) is 28.3. The summed E-state index contributed by atoms with van der Waals surface area (Å²) in [6.45, 7) is 1.20. The molecule has 2 fully saturated rings. The maximum Gasteiger partial charge on any atom is 0.254 e. The van der Waals surface area contributed by atoms with Crippen LogP contribution in [0.15, 0.2) is 83.8 Å². The number of carbonyl (C=O) groups is 2. The van der Waals surface area contributed by atoms with Crippen molar-refractivity contribution in [3.05, 3.63) is 95.8 Å². The Morgan fingerprint density at radius 1 is 0.947 bits per heavy atom. The molecule has 10 heteroatoms. The highest BCUT2D eigenvalue weighted by Crippen LogP contribution is 2.33. The minimum atomic E-state index is -3.72. The van der Waals surface area contributed by atoms with Crippen LogP contribution in [-0.4, -0.2) is 57.0 Å². The van der Waals surface area contributed by atoms with Gasteiger partial charge in [-0.05, 0) is 66.9 Å². The van der Waals surface area contributed by atoms with Crippen molar-refractivity contribution in [3.63, 3.8) is 0 Å². The van der Waals surface area contributed by atoms with E-state index in [1.54, 1.807) is 0 Å². The molecular formula is C28H28FN3O5S. The van der Waals surface area contributed by atoms with Crippen LogP contribution in [0.4, 0.5) is 10.1 Å². The Bertz CT molecular complexity index is 1390. The van der Waals surface area contributed by atoms with Gasteiger partial charge in [0, 0.05) is 36.4 Å². The summed E-state index contributed by atoms with van der Waals surface area (Å²) in [5, 5.41) is 2.83. The van der Waals surface area contributed by atoms with Crippen molar-refractivity contribution in [2.24, 2.45) is 0 Å². The maximum absolute atomic E-state index is 13.4. The lowest BCUT2D eigenvalue weighted by Gasteiger charge is -2.24. The number of amides is 2. The van der Waals surface area contributed by atoms with Gasteiger partial charge in [0.05, 0.1) is 11.5 Å². The van der Waals surface area contributed by atoms with Gasteiger partial charge in [0.25, 0.3) is 5.91 Å². The van der Waals surface area contributed by atoms with Crippen molar-refractivity contribution in [3.8, 4) is 0 Å². The molecule has 0 bridgehead atoms. The average Bonchev–Trinajstić information content (AvgIpc) is 3.60. The number of nitrogens with one attached hydrogen (secondary N) is 2. The first-order valence-electron chi connectivity index (χ1n) is 12.4. The number of sulfonamides is 1. The van der Waals surface area contributed by atoms with Crippen LogP contribution >= 0.6 is 0 Å². The predicted octanol–water partition coefficient (Wildman–Crippen LogP) is 3.53. The number of hydrogen-bond donors (Lipinski definition) is 2. The number of nitrogens with zero attached hydrogens (tertiary/aromatic N) is 1. The van der Waals surface area contributed by atoms with Gasteiger partial charge in [-0.1, -0.05) is 30.3 Å². The van der Waals surface area contributed by atoms with Gasteiger partial charge in [0.1, 0.15) is 11.9 Å². The quantitative estimate of drug-likeness (QED) is 0.480. The molecule has 3 aromatic carbocycles. The molecule has 8 nitrogen and oxygen atoms in total. The molecule has 0 radical (unpaired) electrons. The minimum Gasteiger partial charge on any atom is -0.380 e. The zero-order chi connectivity index (χ0) is 26.7. The zero-order valence-corrected chi connectivity index (χ0v) is 21.4. The van der Waals surface area contributed by atoms with Crippen LogP contribution < -0.4 is 10.0 Å². The fourth-order valence-corrected chi connectivity index (χ4v) is 6.15. The van der Waals surface area contributed by atoms with E-state index in [1.807, 2.05) is 30.3 Å². The van der Waals surface area contributed by atoms with E-state index in [0.29, 0.717) is 43.9 Å². The summed E-state index contributed by atoms with van der Waals surface area (Å²) >= 11 is 0. The average molecular weight is 538 g/mol. The summed E-state index contributed by atoms with van der Waals surface area (Å²) in [6.07, 6.45) is 1.04. The molecule has 5 rings (SSSR count). The Balaban J connectivity index is 1.32. The standard InChI is InChI=1S/C28H28FN3O5S/c29-22-8-6-20(7-9-22)28(34)32-17-21(19-4-2-1-3-5-19)16-26(32)27(33)30-23-10-12-25(13-11-23)38(35,36)31-24-14-15-37-18-24/h1-13,21,24,26,31H,14-18H2,(H,30,33)/t21-,24-,26+/m1/s1. The van der Waals surface area contributed by atoms with Crippen molar-refractivity contribution in [2.75, 3.05) is 25.1 Å². The van der Waals surface area contributed by atoms with Crippen LogP contribution in [-0.2, 0) is 19.6 Å². The Hall–Kier alpha value is -3.60. The van der Waals surface area contributed by atoms with Crippen molar-refractivity contribution < 1.29 is 27.1 Å². The van der Waals surface area contributed by atoms with E-state index in [2.05, 4.69) is 10.0 Å². The first kappa shape index (κ1) is 26.0. The van der Waals surface area contributed by atoms with Gasteiger partial charge in [-0.15, -0.1) is 0 Å². The number of carbonyl (C=O) groups excluding carboxylic acids is 2. The Labute approximate surface area is 220 Å². The van der Waals surface area contributed by atoms with Gasteiger partial charge in [-0.2, -0.15) is 0 Å². The van der Waals surface area contributed by atoms with Crippen LogP contribution in [0.1, 0.15) is 34.7 Å². The first-order valence-corrected chi connectivity index (χ1v) is 13.9. The Morgan fingerprint density at radius 3 is 2.32 bits per heavy atom. The number of ether oxygens (including phenoxy) is 1. The molecule has 2 saturated heterocycles. The van der Waals surface area contributed by atoms with E-state index in [1.165, 1.54) is 53.4 Å². The molecule has 2 heterocycles. The van der Waals surface area contributed by atoms with Gasteiger partial charge in [-0.3, -0.25) is 9.59 Å². The lowest BCUT2D eigenvalue weighted by Crippen LogP contribution is -2.43. The highest BCUT2D eigenvalue weighted by Gasteiger charge is 2.40. The van der Waals surface area contributed by atoms with E-state index in [9.17, 15) is 22.4 Å².